The van der Waals surface area contributed by atoms with Crippen LogP contribution in [0.1, 0.15) is 46.0 Å². The van der Waals surface area contributed by atoms with E-state index in [1.165, 1.54) is 19.1 Å². The van der Waals surface area contributed by atoms with Gasteiger partial charge in [-0.25, -0.2) is 13.1 Å². The molecule has 0 radical (unpaired) electrons. The number of hydrogen-bond donors (Lipinski definition) is 2. The molecule has 1 aromatic rings. The third-order valence-corrected chi connectivity index (χ3v) is 5.75. The molecule has 0 saturated heterocycles. The van der Waals surface area contributed by atoms with Gasteiger partial charge in [0.1, 0.15) is 6.61 Å². The number of esters is 1. The van der Waals surface area contributed by atoms with Gasteiger partial charge in [0.05, 0.1) is 11.5 Å². The van der Waals surface area contributed by atoms with E-state index in [0.717, 1.165) is 37.8 Å². The van der Waals surface area contributed by atoms with Gasteiger partial charge in [0.25, 0.3) is 5.69 Å². The van der Waals surface area contributed by atoms with Crippen molar-refractivity contribution in [2.45, 2.75) is 50.8 Å². The van der Waals surface area contributed by atoms with Crippen molar-refractivity contribution in [3.63, 3.8) is 0 Å². The molecular formula is C19H28N2O7S. The summed E-state index contributed by atoms with van der Waals surface area (Å²) >= 11 is 0. The fraction of sp³-hybridized carbons (Fsp3) is 0.526. The van der Waals surface area contributed by atoms with Gasteiger partial charge in [-0.3, -0.25) is 14.9 Å². The molecule has 0 spiro atoms. The van der Waals surface area contributed by atoms with Crippen molar-refractivity contribution in [1.82, 2.24) is 4.72 Å². The van der Waals surface area contributed by atoms with E-state index in [0.29, 0.717) is 17.6 Å². The summed E-state index contributed by atoms with van der Waals surface area (Å²) < 4.78 is 32.6. The van der Waals surface area contributed by atoms with Gasteiger partial charge in [-0.1, -0.05) is 43.9 Å². The molecule has 162 valence electrons. The highest BCUT2D eigenvalue weighted by atomic mass is 32.2. The molecule has 2 N–H and O–H groups in total. The molecule has 1 aromatic carbocycles. The molecule has 0 amide bonds. The van der Waals surface area contributed by atoms with Gasteiger partial charge in [0.15, 0.2) is 4.90 Å². The van der Waals surface area contributed by atoms with Crippen LogP contribution < -0.4 is 4.72 Å². The van der Waals surface area contributed by atoms with E-state index in [4.69, 9.17) is 4.74 Å². The molecule has 0 bridgehead atoms. The van der Waals surface area contributed by atoms with Gasteiger partial charge in [0.2, 0.25) is 10.0 Å². The van der Waals surface area contributed by atoms with Crippen molar-refractivity contribution in [3.8, 4) is 0 Å². The first kappa shape index (κ1) is 24.7. The lowest BCUT2D eigenvalue weighted by Crippen LogP contribution is -2.28. The monoisotopic (exact) mass is 428 g/mol. The standard InChI is InChI=1S/C19H28N2O7S/c1-3-4-5-6-9-16(17(13-22)14-28-15(2)23)12-20-29(26,27)19-11-8-7-10-18(19)21(24)25/h7-8,10-11,20,22H,3-6,9,12-14H2,1-2H3/b17-16+. The smallest absolute Gasteiger partial charge is 0.302 e. The minimum Gasteiger partial charge on any atom is -0.461 e. The number of nitrogens with one attached hydrogen (secondary N) is 1. The topological polar surface area (TPSA) is 136 Å². The third-order valence-electron chi connectivity index (χ3n) is 4.30. The Balaban J connectivity index is 3.06. The second-order valence-electron chi connectivity index (χ2n) is 6.51. The van der Waals surface area contributed by atoms with Gasteiger partial charge in [-0.2, -0.15) is 0 Å². The number of hydrogen-bond acceptors (Lipinski definition) is 7. The maximum absolute atomic E-state index is 12.6. The van der Waals surface area contributed by atoms with Crippen molar-refractivity contribution >= 4 is 21.7 Å². The number of nitro groups is 1. The zero-order valence-corrected chi connectivity index (χ0v) is 17.5. The van der Waals surface area contributed by atoms with Crippen LogP contribution in [-0.2, 0) is 19.6 Å². The van der Waals surface area contributed by atoms with E-state index in [1.54, 1.807) is 0 Å². The predicted molar refractivity (Wildman–Crippen MR) is 108 cm³/mol. The molecule has 0 unspecified atom stereocenters. The lowest BCUT2D eigenvalue weighted by Gasteiger charge is -2.15. The average Bonchev–Trinajstić information content (AvgIpc) is 2.68. The third kappa shape index (κ3) is 8.30. The summed E-state index contributed by atoms with van der Waals surface area (Å²) in [7, 11) is -4.15. The molecule has 10 heteroatoms. The maximum atomic E-state index is 12.6. The van der Waals surface area contributed by atoms with Crippen LogP contribution >= 0.6 is 0 Å². The Labute approximate surface area is 171 Å². The van der Waals surface area contributed by atoms with Crippen molar-refractivity contribution in [1.29, 1.82) is 0 Å². The van der Waals surface area contributed by atoms with Crippen LogP contribution in [-0.4, -0.2) is 44.2 Å². The van der Waals surface area contributed by atoms with Gasteiger partial charge in [-0.15, -0.1) is 0 Å². The zero-order valence-electron chi connectivity index (χ0n) is 16.7. The molecule has 0 aliphatic rings. The van der Waals surface area contributed by atoms with Crippen molar-refractivity contribution in [2.24, 2.45) is 0 Å². The van der Waals surface area contributed by atoms with Crippen LogP contribution in [0.25, 0.3) is 0 Å². The number of carbonyl (C=O) groups excluding carboxylic acids is 1. The highest BCUT2D eigenvalue weighted by molar-refractivity contribution is 7.89. The Kier molecular flexibility index (Phi) is 10.5. The largest absolute Gasteiger partial charge is 0.461 e. The second-order valence-corrected chi connectivity index (χ2v) is 8.24. The lowest BCUT2D eigenvalue weighted by molar-refractivity contribution is -0.387. The number of nitro benzene ring substituents is 1. The molecule has 29 heavy (non-hydrogen) atoms. The molecule has 1 rings (SSSR count). The molecular weight excluding hydrogens is 400 g/mol. The summed E-state index contributed by atoms with van der Waals surface area (Å²) in [5, 5.41) is 20.8. The fourth-order valence-corrected chi connectivity index (χ4v) is 3.89. The summed E-state index contributed by atoms with van der Waals surface area (Å²) in [6, 6.07) is 5.08. The number of sulfonamides is 1. The number of aliphatic hydroxyl groups is 1. The van der Waals surface area contributed by atoms with Gasteiger partial charge >= 0.3 is 5.97 Å². The molecule has 0 atom stereocenters. The highest BCUT2D eigenvalue weighted by Gasteiger charge is 2.25. The number of para-hydroxylation sites is 1. The van der Waals surface area contributed by atoms with Crippen LogP contribution in [0.2, 0.25) is 0 Å². The van der Waals surface area contributed by atoms with E-state index in [1.807, 2.05) is 0 Å². The predicted octanol–water partition coefficient (Wildman–Crippen LogP) is 2.70. The molecule has 0 saturated carbocycles. The number of rotatable bonds is 13. The molecule has 0 fully saturated rings. The van der Waals surface area contributed by atoms with Gasteiger partial charge < -0.3 is 9.84 Å². The van der Waals surface area contributed by atoms with Crippen LogP contribution in [0.3, 0.4) is 0 Å². The molecule has 0 aliphatic carbocycles. The number of aliphatic hydroxyl groups excluding tert-OH is 1. The zero-order chi connectivity index (χ0) is 21.9. The van der Waals surface area contributed by atoms with Crippen LogP contribution in [0, 0.1) is 10.1 Å². The second kappa shape index (κ2) is 12.3. The van der Waals surface area contributed by atoms with E-state index >= 15 is 0 Å². The van der Waals surface area contributed by atoms with E-state index in [-0.39, 0.29) is 19.8 Å². The van der Waals surface area contributed by atoms with E-state index < -0.39 is 31.5 Å². The number of benzene rings is 1. The molecule has 0 heterocycles. The highest BCUT2D eigenvalue weighted by Crippen LogP contribution is 2.23. The molecule has 0 aliphatic heterocycles. The molecule has 0 aromatic heterocycles. The lowest BCUT2D eigenvalue weighted by atomic mass is 10.0. The minimum atomic E-state index is -4.15. The van der Waals surface area contributed by atoms with Gasteiger partial charge in [0, 0.05) is 19.5 Å². The van der Waals surface area contributed by atoms with Crippen LogP contribution in [0.15, 0.2) is 40.3 Å². The van der Waals surface area contributed by atoms with Gasteiger partial charge in [-0.05, 0) is 24.5 Å². The summed E-state index contributed by atoms with van der Waals surface area (Å²) in [5.41, 5.74) is 0.504. The average molecular weight is 429 g/mol. The molecule has 9 nitrogen and oxygen atoms in total. The first-order valence-electron chi connectivity index (χ1n) is 9.40. The summed E-state index contributed by atoms with van der Waals surface area (Å²) in [6.45, 7) is 2.65. The Morgan fingerprint density at radius 1 is 1.21 bits per heavy atom. The number of unbranched alkanes of at least 4 members (excludes halogenated alkanes) is 3. The van der Waals surface area contributed by atoms with Crippen molar-refractivity contribution in [2.75, 3.05) is 19.8 Å². The first-order valence-corrected chi connectivity index (χ1v) is 10.9. The number of nitrogens with zero attached hydrogens (tertiary/aromatic N) is 1. The quantitative estimate of drug-likeness (QED) is 0.162. The first-order chi connectivity index (χ1) is 13.7. The fourth-order valence-electron chi connectivity index (χ4n) is 2.70. The Morgan fingerprint density at radius 3 is 2.48 bits per heavy atom. The SMILES string of the molecule is CCCCCC/C(CNS(=O)(=O)c1ccccc1[N+](=O)[O-])=C(/CO)COC(C)=O. The summed E-state index contributed by atoms with van der Waals surface area (Å²) in [6.07, 6.45) is 4.27. The van der Waals surface area contributed by atoms with E-state index in [2.05, 4.69) is 11.6 Å². The minimum absolute atomic E-state index is 0.137. The van der Waals surface area contributed by atoms with E-state index in [9.17, 15) is 28.4 Å². The maximum Gasteiger partial charge on any atom is 0.302 e. The normalized spacial score (nSPS) is 12.4. The van der Waals surface area contributed by atoms with Crippen molar-refractivity contribution in [3.05, 3.63) is 45.5 Å². The summed E-state index contributed by atoms with van der Waals surface area (Å²) in [4.78, 5) is 21.0. The Hall–Kier alpha value is -2.30. The van der Waals surface area contributed by atoms with Crippen molar-refractivity contribution < 1.29 is 28.0 Å². The number of ether oxygens (including phenoxy) is 1. The Morgan fingerprint density at radius 2 is 1.90 bits per heavy atom. The van der Waals surface area contributed by atoms with Crippen LogP contribution in [0.5, 0.6) is 0 Å². The van der Waals surface area contributed by atoms with Crippen LogP contribution in [0.4, 0.5) is 5.69 Å². The summed E-state index contributed by atoms with van der Waals surface area (Å²) in [5.74, 6) is -0.512. The number of carbonyl (C=O) groups is 1. The Bertz CT molecular complexity index is 835.